The Hall–Kier alpha value is -3.84. The Morgan fingerprint density at radius 1 is 1.10 bits per heavy atom. The molecule has 0 radical (unpaired) electrons. The summed E-state index contributed by atoms with van der Waals surface area (Å²) in [5.74, 6) is -1.66. The van der Waals surface area contributed by atoms with Gasteiger partial charge in [0.25, 0.3) is 0 Å². The van der Waals surface area contributed by atoms with Crippen LogP contribution in [-0.2, 0) is 0 Å². The molecule has 0 aliphatic heterocycles. The fourth-order valence-corrected chi connectivity index (χ4v) is 3.04. The molecule has 0 aliphatic carbocycles. The van der Waals surface area contributed by atoms with Crippen LogP contribution in [0.25, 0.3) is 16.7 Å². The van der Waals surface area contributed by atoms with E-state index in [0.717, 1.165) is 0 Å². The zero-order valence-electron chi connectivity index (χ0n) is 14.8. The first-order valence-corrected chi connectivity index (χ1v) is 8.91. The van der Waals surface area contributed by atoms with E-state index in [1.54, 1.807) is 59.3 Å². The summed E-state index contributed by atoms with van der Waals surface area (Å²) in [6.07, 6.45) is 3.20. The van der Waals surface area contributed by atoms with Crippen molar-refractivity contribution in [2.24, 2.45) is 5.10 Å². The van der Waals surface area contributed by atoms with Crippen LogP contribution < -0.4 is 10.5 Å². The number of benzene rings is 2. The third kappa shape index (κ3) is 3.90. The van der Waals surface area contributed by atoms with Crippen molar-refractivity contribution >= 4 is 40.7 Å². The standard InChI is InChI=1S/C21H14ClN3O4/c22-15-6-7-18-14(9-15)11-19(29-18)20(26)24-23-12-17-5-2-8-25(17)16-4-1-3-13(10-16)21(27)28/h1-12H,(H,24,26)(H,27,28)/p-1/b23-12-. The van der Waals surface area contributed by atoms with Gasteiger partial charge in [-0.1, -0.05) is 23.7 Å². The number of fused-ring (bicyclic) bond motifs is 1. The molecule has 0 atom stereocenters. The highest BCUT2D eigenvalue weighted by molar-refractivity contribution is 6.31. The molecule has 0 aliphatic rings. The van der Waals surface area contributed by atoms with E-state index >= 15 is 0 Å². The molecule has 1 N–H and O–H groups in total. The number of carbonyl (C=O) groups excluding carboxylic acids is 2. The van der Waals surface area contributed by atoms with Crippen molar-refractivity contribution in [3.05, 3.63) is 88.9 Å². The summed E-state index contributed by atoms with van der Waals surface area (Å²) in [5.41, 5.74) is 4.28. The van der Waals surface area contributed by atoms with Crippen LogP contribution >= 0.6 is 11.6 Å². The molecular weight excluding hydrogens is 394 g/mol. The number of amides is 1. The Bertz CT molecular complexity index is 1260. The van der Waals surface area contributed by atoms with Crippen LogP contribution in [0.5, 0.6) is 0 Å². The maximum atomic E-state index is 12.3. The molecule has 2 aromatic carbocycles. The van der Waals surface area contributed by atoms with Gasteiger partial charge in [0.15, 0.2) is 5.76 Å². The molecule has 0 unspecified atom stereocenters. The molecule has 4 aromatic rings. The van der Waals surface area contributed by atoms with Crippen LogP contribution in [0.4, 0.5) is 0 Å². The number of halogens is 1. The molecule has 4 rings (SSSR count). The minimum atomic E-state index is -1.26. The second kappa shape index (κ2) is 7.65. The number of rotatable bonds is 5. The molecule has 0 saturated carbocycles. The van der Waals surface area contributed by atoms with Crippen molar-refractivity contribution in [2.75, 3.05) is 0 Å². The number of nitrogens with zero attached hydrogens (tertiary/aromatic N) is 2. The quantitative estimate of drug-likeness (QED) is 0.406. The second-order valence-electron chi connectivity index (χ2n) is 6.13. The first-order chi connectivity index (χ1) is 14.0. The van der Waals surface area contributed by atoms with E-state index in [-0.39, 0.29) is 11.3 Å². The highest BCUT2D eigenvalue weighted by Gasteiger charge is 2.12. The predicted molar refractivity (Wildman–Crippen MR) is 106 cm³/mol. The van der Waals surface area contributed by atoms with E-state index in [2.05, 4.69) is 10.5 Å². The summed E-state index contributed by atoms with van der Waals surface area (Å²) in [4.78, 5) is 23.3. The van der Waals surface area contributed by atoms with Crippen molar-refractivity contribution in [2.45, 2.75) is 0 Å². The lowest BCUT2D eigenvalue weighted by Crippen LogP contribution is -2.22. The summed E-state index contributed by atoms with van der Waals surface area (Å²) >= 11 is 5.94. The maximum absolute atomic E-state index is 12.3. The van der Waals surface area contributed by atoms with Gasteiger partial charge in [-0.3, -0.25) is 4.79 Å². The van der Waals surface area contributed by atoms with Gasteiger partial charge in [-0.25, -0.2) is 5.43 Å². The topological polar surface area (TPSA) is 99.7 Å². The van der Waals surface area contributed by atoms with Gasteiger partial charge in [-0.05, 0) is 54.1 Å². The number of furan rings is 1. The monoisotopic (exact) mass is 406 g/mol. The molecule has 29 heavy (non-hydrogen) atoms. The number of carboxylic acids is 1. The summed E-state index contributed by atoms with van der Waals surface area (Å²) in [6.45, 7) is 0. The Balaban J connectivity index is 1.51. The number of aromatic carboxylic acids is 1. The fraction of sp³-hybridized carbons (Fsp3) is 0. The third-order valence-electron chi connectivity index (χ3n) is 4.21. The number of aromatic nitrogens is 1. The lowest BCUT2D eigenvalue weighted by Gasteiger charge is -2.09. The van der Waals surface area contributed by atoms with Crippen LogP contribution in [0.1, 0.15) is 26.6 Å². The number of nitrogens with one attached hydrogen (secondary N) is 1. The molecule has 1 amide bonds. The number of hydrogen-bond acceptors (Lipinski definition) is 5. The average molecular weight is 407 g/mol. The largest absolute Gasteiger partial charge is 0.545 e. The van der Waals surface area contributed by atoms with E-state index in [9.17, 15) is 14.7 Å². The highest BCUT2D eigenvalue weighted by Crippen LogP contribution is 2.23. The number of carboxylic acid groups (broad SMARTS) is 1. The molecule has 8 heteroatoms. The molecule has 2 aromatic heterocycles. The van der Waals surface area contributed by atoms with Gasteiger partial charge in [0, 0.05) is 22.3 Å². The van der Waals surface area contributed by atoms with Crippen molar-refractivity contribution in [1.29, 1.82) is 0 Å². The number of hydrogen-bond donors (Lipinski definition) is 1. The van der Waals surface area contributed by atoms with Crippen LogP contribution in [0.2, 0.25) is 5.02 Å². The van der Waals surface area contributed by atoms with Crippen LogP contribution in [0.3, 0.4) is 0 Å². The SMILES string of the molecule is O=C([O-])c1cccc(-n2cccc2/C=N\NC(=O)c2cc3cc(Cl)ccc3o2)c1. The lowest BCUT2D eigenvalue weighted by atomic mass is 10.2. The summed E-state index contributed by atoms with van der Waals surface area (Å²) < 4.78 is 7.22. The lowest BCUT2D eigenvalue weighted by molar-refractivity contribution is -0.255. The van der Waals surface area contributed by atoms with Crippen molar-refractivity contribution in [3.63, 3.8) is 0 Å². The van der Waals surface area contributed by atoms with Gasteiger partial charge < -0.3 is 18.9 Å². The Morgan fingerprint density at radius 3 is 2.79 bits per heavy atom. The molecular formula is C21H13ClN3O4-. The fourth-order valence-electron chi connectivity index (χ4n) is 2.86. The highest BCUT2D eigenvalue weighted by atomic mass is 35.5. The average Bonchev–Trinajstić information content (AvgIpc) is 3.34. The third-order valence-corrected chi connectivity index (χ3v) is 4.44. The van der Waals surface area contributed by atoms with E-state index in [0.29, 0.717) is 27.4 Å². The zero-order valence-corrected chi connectivity index (χ0v) is 15.6. The minimum Gasteiger partial charge on any atom is -0.545 e. The van der Waals surface area contributed by atoms with Gasteiger partial charge in [0.2, 0.25) is 0 Å². The van der Waals surface area contributed by atoms with Gasteiger partial charge in [0.05, 0.1) is 17.9 Å². The minimum absolute atomic E-state index is 0.0670. The van der Waals surface area contributed by atoms with Crippen LogP contribution in [0.15, 0.2) is 76.4 Å². The second-order valence-corrected chi connectivity index (χ2v) is 6.57. The number of carbonyl (C=O) groups is 2. The van der Waals surface area contributed by atoms with Crippen LogP contribution in [0, 0.1) is 0 Å². The molecule has 2 heterocycles. The normalized spacial score (nSPS) is 11.2. The molecule has 0 saturated heterocycles. The van der Waals surface area contributed by atoms with E-state index < -0.39 is 11.9 Å². The van der Waals surface area contributed by atoms with Gasteiger partial charge in [0.1, 0.15) is 5.58 Å². The number of hydrazone groups is 1. The Kier molecular flexibility index (Phi) is 4.88. The van der Waals surface area contributed by atoms with Crippen molar-refractivity contribution in [1.82, 2.24) is 9.99 Å². The van der Waals surface area contributed by atoms with Gasteiger partial charge >= 0.3 is 5.91 Å². The smallest absolute Gasteiger partial charge is 0.307 e. The van der Waals surface area contributed by atoms with Crippen molar-refractivity contribution in [3.8, 4) is 5.69 Å². The first kappa shape index (κ1) is 18.5. The molecule has 0 fully saturated rings. The molecule has 0 spiro atoms. The first-order valence-electron chi connectivity index (χ1n) is 8.53. The molecule has 0 bridgehead atoms. The maximum Gasteiger partial charge on any atom is 0.307 e. The molecule has 144 valence electrons. The van der Waals surface area contributed by atoms with Crippen molar-refractivity contribution < 1.29 is 19.1 Å². The van der Waals surface area contributed by atoms with E-state index in [4.69, 9.17) is 16.0 Å². The zero-order chi connectivity index (χ0) is 20.4. The van der Waals surface area contributed by atoms with Gasteiger partial charge in [-0.2, -0.15) is 5.10 Å². The molecule has 7 nitrogen and oxygen atoms in total. The van der Waals surface area contributed by atoms with Crippen LogP contribution in [-0.4, -0.2) is 22.7 Å². The van der Waals surface area contributed by atoms with Gasteiger partial charge in [-0.15, -0.1) is 0 Å². The predicted octanol–water partition coefficient (Wildman–Crippen LogP) is 3.00. The summed E-state index contributed by atoms with van der Waals surface area (Å²) in [5, 5.41) is 16.3. The summed E-state index contributed by atoms with van der Waals surface area (Å²) in [7, 11) is 0. The van der Waals surface area contributed by atoms with E-state index in [1.165, 1.54) is 18.3 Å². The Labute approximate surface area is 169 Å². The Morgan fingerprint density at radius 2 is 1.97 bits per heavy atom. The van der Waals surface area contributed by atoms with E-state index in [1.807, 2.05) is 0 Å². The summed E-state index contributed by atoms with van der Waals surface area (Å²) in [6, 6.07) is 16.5.